The molecule has 0 radical (unpaired) electrons. The molecule has 0 spiro atoms. The van der Waals surface area contributed by atoms with Gasteiger partial charge in [0.2, 0.25) is 5.91 Å². The molecule has 6 rings (SSSR count). The van der Waals surface area contributed by atoms with Crippen molar-refractivity contribution in [3.8, 4) is 6.01 Å². The fourth-order valence-corrected chi connectivity index (χ4v) is 6.24. The van der Waals surface area contributed by atoms with E-state index in [-0.39, 0.29) is 11.8 Å². The Labute approximate surface area is 239 Å². The summed E-state index contributed by atoms with van der Waals surface area (Å²) in [5.74, 6) is -0.572. The molecule has 0 bridgehead atoms. The van der Waals surface area contributed by atoms with Crippen molar-refractivity contribution in [2.75, 3.05) is 62.7 Å². The van der Waals surface area contributed by atoms with Crippen molar-refractivity contribution in [1.29, 1.82) is 0 Å². The van der Waals surface area contributed by atoms with Crippen molar-refractivity contribution in [2.24, 2.45) is 5.92 Å². The fraction of sp³-hybridized carbons (Fsp3) is 0.419. The van der Waals surface area contributed by atoms with E-state index in [1.165, 1.54) is 26.9 Å². The molecule has 2 aromatic carbocycles. The summed E-state index contributed by atoms with van der Waals surface area (Å²) in [6.07, 6.45) is 1.22. The molecule has 1 atom stereocenters. The van der Waals surface area contributed by atoms with Crippen LogP contribution < -0.4 is 14.5 Å². The first-order valence-electron chi connectivity index (χ1n) is 14.2. The number of rotatable bonds is 6. The van der Waals surface area contributed by atoms with Crippen LogP contribution in [0.25, 0.3) is 10.8 Å². The average molecular weight is 559 g/mol. The van der Waals surface area contributed by atoms with Crippen LogP contribution in [0, 0.1) is 12.8 Å². The van der Waals surface area contributed by atoms with Gasteiger partial charge in [-0.3, -0.25) is 9.59 Å². The van der Waals surface area contributed by atoms with Crippen LogP contribution in [0.5, 0.6) is 6.01 Å². The summed E-state index contributed by atoms with van der Waals surface area (Å²) in [6.45, 7) is 9.56. The highest BCUT2D eigenvalue weighted by molar-refractivity contribution is 5.97. The standard InChI is InChI=1S/C31H35FN6O3/c1-20-6-4-7-23-8-5-9-26(28(20)23)38-11-10-24-25(18-38)33-31(41-19-22-16-27(39)35(3)17-22)34-29(24)36-12-14-37(15-13-36)30(40)21(2)32/h4-9,22H,2,10-19H2,1,3H3. The smallest absolute Gasteiger partial charge is 0.318 e. The number of hydrogen-bond donors (Lipinski definition) is 0. The molecule has 3 aliphatic rings. The molecule has 3 aromatic rings. The van der Waals surface area contributed by atoms with E-state index in [1.54, 1.807) is 4.90 Å². The van der Waals surface area contributed by atoms with Crippen LogP contribution in [0.15, 0.2) is 48.8 Å². The summed E-state index contributed by atoms with van der Waals surface area (Å²) in [5.41, 5.74) is 4.41. The second kappa shape index (κ2) is 11.0. The van der Waals surface area contributed by atoms with Crippen molar-refractivity contribution >= 4 is 34.1 Å². The van der Waals surface area contributed by atoms with Gasteiger partial charge in [0.25, 0.3) is 5.91 Å². The van der Waals surface area contributed by atoms with Crippen LogP contribution in [0.3, 0.4) is 0 Å². The summed E-state index contributed by atoms with van der Waals surface area (Å²) in [4.78, 5) is 41.6. The van der Waals surface area contributed by atoms with Crippen LogP contribution in [0.4, 0.5) is 15.9 Å². The minimum absolute atomic E-state index is 0.0918. The third kappa shape index (κ3) is 5.30. The number of ether oxygens (including phenoxy) is 1. The van der Waals surface area contributed by atoms with Gasteiger partial charge < -0.3 is 24.3 Å². The van der Waals surface area contributed by atoms with E-state index in [0.717, 1.165) is 30.0 Å². The third-order valence-corrected chi connectivity index (χ3v) is 8.42. The Kier molecular flexibility index (Phi) is 7.23. The van der Waals surface area contributed by atoms with Crippen molar-refractivity contribution in [2.45, 2.75) is 26.3 Å². The largest absolute Gasteiger partial charge is 0.463 e. The highest BCUT2D eigenvalue weighted by Gasteiger charge is 2.31. The van der Waals surface area contributed by atoms with Crippen molar-refractivity contribution in [1.82, 2.24) is 19.8 Å². The zero-order valence-electron chi connectivity index (χ0n) is 23.6. The van der Waals surface area contributed by atoms with Gasteiger partial charge in [0, 0.05) is 75.3 Å². The van der Waals surface area contributed by atoms with E-state index in [0.29, 0.717) is 58.3 Å². The van der Waals surface area contributed by atoms with Gasteiger partial charge in [-0.1, -0.05) is 36.9 Å². The summed E-state index contributed by atoms with van der Waals surface area (Å²) in [5, 5.41) is 2.45. The molecule has 2 saturated heterocycles. The molecule has 41 heavy (non-hydrogen) atoms. The van der Waals surface area contributed by atoms with Crippen LogP contribution in [0.1, 0.15) is 23.2 Å². The molecule has 1 aromatic heterocycles. The van der Waals surface area contributed by atoms with Gasteiger partial charge in [0.15, 0.2) is 5.83 Å². The Bertz CT molecular complexity index is 1510. The van der Waals surface area contributed by atoms with Crippen LogP contribution in [0.2, 0.25) is 0 Å². The highest BCUT2D eigenvalue weighted by Crippen LogP contribution is 2.35. The normalized spacial score (nSPS) is 19.1. The lowest BCUT2D eigenvalue weighted by Gasteiger charge is -2.38. The molecule has 2 fully saturated rings. The number of carbonyl (C=O) groups is 2. The van der Waals surface area contributed by atoms with E-state index in [4.69, 9.17) is 14.7 Å². The van der Waals surface area contributed by atoms with E-state index in [9.17, 15) is 14.0 Å². The van der Waals surface area contributed by atoms with Gasteiger partial charge >= 0.3 is 6.01 Å². The SMILES string of the molecule is C=C(F)C(=O)N1CCN(c2nc(OCC3CC(=O)N(C)C3)nc3c2CCN(c2cccc4cccc(C)c24)C3)CC1. The minimum atomic E-state index is -0.937. The summed E-state index contributed by atoms with van der Waals surface area (Å²) in [7, 11) is 1.81. The van der Waals surface area contributed by atoms with Gasteiger partial charge in [-0.05, 0) is 30.4 Å². The molecule has 10 heteroatoms. The van der Waals surface area contributed by atoms with E-state index in [2.05, 4.69) is 59.7 Å². The topological polar surface area (TPSA) is 82.1 Å². The quantitative estimate of drug-likeness (QED) is 0.429. The maximum atomic E-state index is 13.5. The van der Waals surface area contributed by atoms with Gasteiger partial charge in [-0.2, -0.15) is 9.97 Å². The Balaban J connectivity index is 1.30. The lowest BCUT2D eigenvalue weighted by molar-refractivity contribution is -0.129. The first-order chi connectivity index (χ1) is 19.8. The molecular formula is C31H35FN6O3. The van der Waals surface area contributed by atoms with Crippen LogP contribution in [-0.2, 0) is 22.6 Å². The molecular weight excluding hydrogens is 523 g/mol. The zero-order valence-corrected chi connectivity index (χ0v) is 23.6. The predicted molar refractivity (Wildman–Crippen MR) is 156 cm³/mol. The number of nitrogens with zero attached hydrogens (tertiary/aromatic N) is 6. The van der Waals surface area contributed by atoms with Crippen LogP contribution in [-0.4, -0.2) is 84.5 Å². The fourth-order valence-electron chi connectivity index (χ4n) is 6.24. The molecule has 4 heterocycles. The lowest BCUT2D eigenvalue weighted by Crippen LogP contribution is -2.49. The molecule has 1 unspecified atom stereocenters. The van der Waals surface area contributed by atoms with E-state index >= 15 is 0 Å². The summed E-state index contributed by atoms with van der Waals surface area (Å²) in [6, 6.07) is 13.1. The maximum Gasteiger partial charge on any atom is 0.318 e. The molecule has 0 aliphatic carbocycles. The Morgan fingerprint density at radius 1 is 1.07 bits per heavy atom. The number of likely N-dealkylation sites (tertiary alicyclic amines) is 1. The molecule has 2 amide bonds. The van der Waals surface area contributed by atoms with Gasteiger partial charge in [-0.15, -0.1) is 0 Å². The molecule has 9 nitrogen and oxygen atoms in total. The average Bonchev–Trinajstić information content (AvgIpc) is 3.31. The van der Waals surface area contributed by atoms with E-state index < -0.39 is 11.7 Å². The number of aryl methyl sites for hydroxylation is 1. The monoisotopic (exact) mass is 558 g/mol. The Morgan fingerprint density at radius 3 is 2.54 bits per heavy atom. The predicted octanol–water partition coefficient (Wildman–Crippen LogP) is 3.49. The van der Waals surface area contributed by atoms with Gasteiger partial charge in [-0.25, -0.2) is 4.39 Å². The Hall–Kier alpha value is -4.21. The molecule has 0 saturated carbocycles. The van der Waals surface area contributed by atoms with Crippen molar-refractivity contribution < 1.29 is 18.7 Å². The number of carbonyl (C=O) groups excluding carboxylic acids is 2. The number of amides is 2. The van der Waals surface area contributed by atoms with Gasteiger partial charge in [0.05, 0.1) is 18.8 Å². The molecule has 0 N–H and O–H groups in total. The van der Waals surface area contributed by atoms with Crippen LogP contribution >= 0.6 is 0 Å². The number of aromatic nitrogens is 2. The number of benzene rings is 2. The zero-order chi connectivity index (χ0) is 28.7. The second-order valence-electron chi connectivity index (χ2n) is 11.2. The van der Waals surface area contributed by atoms with Crippen molar-refractivity contribution in [3.05, 3.63) is 65.6 Å². The number of hydrogen-bond acceptors (Lipinski definition) is 7. The minimum Gasteiger partial charge on any atom is -0.463 e. The molecule has 3 aliphatic heterocycles. The number of halogens is 1. The molecule has 214 valence electrons. The maximum absolute atomic E-state index is 13.5. The van der Waals surface area contributed by atoms with Crippen molar-refractivity contribution in [3.63, 3.8) is 0 Å². The number of piperazine rings is 1. The first-order valence-corrected chi connectivity index (χ1v) is 14.2. The Morgan fingerprint density at radius 2 is 1.83 bits per heavy atom. The summed E-state index contributed by atoms with van der Waals surface area (Å²) >= 11 is 0. The van der Waals surface area contributed by atoms with Gasteiger partial charge in [0.1, 0.15) is 5.82 Å². The number of fused-ring (bicyclic) bond motifs is 2. The second-order valence-corrected chi connectivity index (χ2v) is 11.2. The number of anilines is 2. The van der Waals surface area contributed by atoms with E-state index in [1.807, 2.05) is 7.05 Å². The highest BCUT2D eigenvalue weighted by atomic mass is 19.1. The third-order valence-electron chi connectivity index (χ3n) is 8.42. The lowest BCUT2D eigenvalue weighted by atomic mass is 9.99. The first kappa shape index (κ1) is 27.0. The summed E-state index contributed by atoms with van der Waals surface area (Å²) < 4.78 is 19.6.